The van der Waals surface area contributed by atoms with Crippen LogP contribution < -0.4 is 0 Å². The zero-order chi connectivity index (χ0) is 2.71. The largest absolute Gasteiger partial charge is 0.379 e. The first kappa shape index (κ1) is 8.83. The zero-order valence-electron chi connectivity index (χ0n) is 1.80. The fraction of sp³-hybridized carbons (Fsp3) is 0. The summed E-state index contributed by atoms with van der Waals surface area (Å²) in [5, 5.41) is 7.89. The van der Waals surface area contributed by atoms with Gasteiger partial charge in [0.15, 0.2) is 5.34 Å². The summed E-state index contributed by atoms with van der Waals surface area (Å²) >= 11 is 0. The molecule has 0 spiro atoms. The van der Waals surface area contributed by atoms with E-state index < -0.39 is 0 Å². The van der Waals surface area contributed by atoms with Crippen LogP contribution in [0, 0.1) is 44.8 Å². The van der Waals surface area contributed by atoms with E-state index in [-0.39, 0.29) is 39.9 Å². The minimum absolute atomic E-state index is 0. The topological polar surface area (TPSA) is 49.7 Å². The predicted octanol–water partition coefficient (Wildman–Crippen LogP) is 0.142. The smallest absolute Gasteiger partial charge is 0.152 e. The zero-order valence-corrected chi connectivity index (χ0v) is 5.91. The normalized spacial score (nSPS) is 3.00. The van der Waals surface area contributed by atoms with E-state index >= 15 is 0 Å². The molecule has 0 aliphatic rings. The van der Waals surface area contributed by atoms with Crippen molar-refractivity contribution >= 4 is 0 Å². The van der Waals surface area contributed by atoms with E-state index in [4.69, 9.17) is 10.1 Å². The van der Waals surface area contributed by atoms with Crippen molar-refractivity contribution in [3.63, 3.8) is 0 Å². The molecule has 0 aliphatic heterocycles. The fourth-order valence-electron chi connectivity index (χ4n) is 0. The molecule has 0 fully saturated rings. The van der Waals surface area contributed by atoms with Crippen molar-refractivity contribution in [3.05, 3.63) is 4.91 Å². The molecule has 1 N–H and O–H groups in total. The number of hydrogen-bond donors (Lipinski definition) is 1. The van der Waals surface area contributed by atoms with Crippen molar-refractivity contribution in [2.24, 2.45) is 5.34 Å². The Morgan fingerprint density at radius 1 is 1.75 bits per heavy atom. The second-order valence-corrected chi connectivity index (χ2v) is 0.0816. The Bertz CT molecular complexity index is 13.5. The van der Waals surface area contributed by atoms with Crippen LogP contribution in [0.3, 0.4) is 0 Å². The molecule has 0 aromatic heterocycles. The first-order valence-electron chi connectivity index (χ1n) is 0.383. The Labute approximate surface area is 55.0 Å². The van der Waals surface area contributed by atoms with Gasteiger partial charge in [0.05, 0.1) is 0 Å². The summed E-state index contributed by atoms with van der Waals surface area (Å²) in [6.45, 7) is 0. The second-order valence-electron chi connectivity index (χ2n) is 0.0816. The van der Waals surface area contributed by atoms with Crippen molar-refractivity contribution in [3.8, 4) is 0 Å². The minimum Gasteiger partial charge on any atom is -0.379 e. The van der Waals surface area contributed by atoms with Crippen LogP contribution in [0.15, 0.2) is 5.34 Å². The average Bonchev–Trinajstić information content (AvgIpc) is 0.918. The second kappa shape index (κ2) is 9.30. The average molecular weight is 279 g/mol. The molecule has 22 valence electrons. The van der Waals surface area contributed by atoms with Gasteiger partial charge in [-0.2, -0.15) is 0 Å². The SMILES string of the molecule is O=NO.[Th]. The molecule has 0 amide bonds. The van der Waals surface area contributed by atoms with Crippen LogP contribution in [-0.4, -0.2) is 5.21 Å². The quantitative estimate of drug-likeness (QED) is 0.506. The van der Waals surface area contributed by atoms with Crippen molar-refractivity contribution in [2.75, 3.05) is 0 Å². The third kappa shape index (κ3) is 15.4. The van der Waals surface area contributed by atoms with E-state index in [1.165, 1.54) is 5.34 Å². The van der Waals surface area contributed by atoms with Crippen LogP contribution >= 0.6 is 0 Å². The molecular weight excluding hydrogens is 278 g/mol. The van der Waals surface area contributed by atoms with Crippen LogP contribution in [0.2, 0.25) is 0 Å². The van der Waals surface area contributed by atoms with Gasteiger partial charge in [-0.05, 0) is 0 Å². The number of rotatable bonds is 0. The maximum Gasteiger partial charge on any atom is 0.152 e. The van der Waals surface area contributed by atoms with Crippen LogP contribution in [0.4, 0.5) is 0 Å². The first-order chi connectivity index (χ1) is 1.41. The molecule has 3 nitrogen and oxygen atoms in total. The molecule has 0 saturated carbocycles. The van der Waals surface area contributed by atoms with Crippen molar-refractivity contribution in [1.82, 2.24) is 0 Å². The van der Waals surface area contributed by atoms with Crippen molar-refractivity contribution < 1.29 is 45.1 Å². The van der Waals surface area contributed by atoms with Gasteiger partial charge in [0, 0.05) is 39.9 Å². The molecule has 0 aromatic rings. The molecule has 0 rings (SSSR count). The van der Waals surface area contributed by atoms with Gasteiger partial charge in [0.2, 0.25) is 0 Å². The Morgan fingerprint density at radius 2 is 1.75 bits per heavy atom. The van der Waals surface area contributed by atoms with Gasteiger partial charge in [0.25, 0.3) is 0 Å². The summed E-state index contributed by atoms with van der Waals surface area (Å²) in [7, 11) is 0. The predicted molar refractivity (Wildman–Crippen MR) is 7.58 cm³/mol. The van der Waals surface area contributed by atoms with Gasteiger partial charge in [0.1, 0.15) is 0 Å². The third-order valence-corrected chi connectivity index (χ3v) is 0. The molecule has 4 heavy (non-hydrogen) atoms. The van der Waals surface area contributed by atoms with Crippen LogP contribution in [0.25, 0.3) is 0 Å². The van der Waals surface area contributed by atoms with Gasteiger partial charge >= 0.3 is 0 Å². The molecule has 0 aromatic carbocycles. The van der Waals surface area contributed by atoms with E-state index in [9.17, 15) is 0 Å². The number of nitrogens with zero attached hydrogens (tertiary/aromatic N) is 1. The van der Waals surface area contributed by atoms with Crippen LogP contribution in [-0.2, 0) is 0 Å². The van der Waals surface area contributed by atoms with E-state index in [1.807, 2.05) is 0 Å². The van der Waals surface area contributed by atoms with Gasteiger partial charge in [-0.25, -0.2) is 0 Å². The van der Waals surface area contributed by atoms with Gasteiger partial charge in [-0.3, -0.25) is 0 Å². The number of hydrogen-bond acceptors (Lipinski definition) is 2. The molecule has 0 radical (unpaired) electrons. The van der Waals surface area contributed by atoms with Gasteiger partial charge < -0.3 is 5.21 Å². The molecule has 0 saturated heterocycles. The van der Waals surface area contributed by atoms with E-state index in [0.717, 1.165) is 0 Å². The van der Waals surface area contributed by atoms with Crippen LogP contribution in [0.5, 0.6) is 0 Å². The Kier molecular flexibility index (Phi) is 20.5. The van der Waals surface area contributed by atoms with E-state index in [1.54, 1.807) is 0 Å². The van der Waals surface area contributed by atoms with Gasteiger partial charge in [-0.1, -0.05) is 0 Å². The summed E-state index contributed by atoms with van der Waals surface area (Å²) < 4.78 is 0. The summed E-state index contributed by atoms with van der Waals surface area (Å²) in [5.74, 6) is 0. The third-order valence-electron chi connectivity index (χ3n) is 0. The van der Waals surface area contributed by atoms with Gasteiger partial charge in [-0.15, -0.1) is 4.91 Å². The molecule has 0 atom stereocenters. The first-order valence-corrected chi connectivity index (χ1v) is 0.383. The van der Waals surface area contributed by atoms with Crippen molar-refractivity contribution in [1.29, 1.82) is 0 Å². The molecule has 4 heteroatoms. The molecule has 0 aliphatic carbocycles. The summed E-state index contributed by atoms with van der Waals surface area (Å²) in [4.78, 5) is 8.11. The molecule has 0 heterocycles. The summed E-state index contributed by atoms with van der Waals surface area (Å²) in [6.07, 6.45) is 0. The monoisotopic (exact) mass is 279 g/mol. The minimum atomic E-state index is 0. The van der Waals surface area contributed by atoms with E-state index in [2.05, 4.69) is 0 Å². The maximum absolute atomic E-state index is 8.11. The standard InChI is InChI=1S/HNO2.Th/c2-1-3;/h(H,2,3);. The Morgan fingerprint density at radius 3 is 1.75 bits per heavy atom. The summed E-state index contributed by atoms with van der Waals surface area (Å²) in [5.41, 5.74) is 0. The van der Waals surface area contributed by atoms with Crippen molar-refractivity contribution in [2.45, 2.75) is 0 Å². The fourth-order valence-corrected chi connectivity index (χ4v) is 0. The Balaban J connectivity index is 0. The maximum atomic E-state index is 8.11. The molecule has 0 bridgehead atoms. The summed E-state index contributed by atoms with van der Waals surface area (Å²) in [6, 6.07) is 0. The van der Waals surface area contributed by atoms with E-state index in [0.29, 0.717) is 0 Å². The molecular formula is HNO2Th. The van der Waals surface area contributed by atoms with Crippen LogP contribution in [0.1, 0.15) is 0 Å². The Hall–Kier alpha value is 0.725. The molecule has 0 unspecified atom stereocenters.